The zero-order valence-electron chi connectivity index (χ0n) is 13.8. The molecule has 0 aromatic rings. The Balaban J connectivity index is 5.13. The Morgan fingerprint density at radius 3 is 1.92 bits per heavy atom. The predicted molar refractivity (Wildman–Crippen MR) is 91.8 cm³/mol. The molecule has 148 valence electrons. The molecule has 0 radical (unpaired) electrons. The van der Waals surface area contributed by atoms with E-state index in [1.807, 2.05) is 0 Å². The van der Waals surface area contributed by atoms with E-state index in [9.17, 15) is 29.1 Å². The van der Waals surface area contributed by atoms with Gasteiger partial charge in [-0.05, 0) is 6.42 Å². The van der Waals surface area contributed by atoms with Crippen LogP contribution in [0.15, 0.2) is 0 Å². The van der Waals surface area contributed by atoms with E-state index in [1.54, 1.807) is 0 Å². The maximum atomic E-state index is 12.2. The highest BCUT2D eigenvalue weighted by atomic mass is 32.1. The van der Waals surface area contributed by atoms with Crippen LogP contribution in [0.2, 0.25) is 0 Å². The van der Waals surface area contributed by atoms with Crippen LogP contribution in [0.3, 0.4) is 0 Å². The summed E-state index contributed by atoms with van der Waals surface area (Å²) < 4.78 is 0. The first-order valence-corrected chi connectivity index (χ1v) is 8.12. The third kappa shape index (κ3) is 8.64. The number of hydrogen-bond donors (Lipinski definition) is 8. The highest BCUT2D eigenvalue weighted by Gasteiger charge is 2.29. The molecule has 4 amide bonds. The van der Waals surface area contributed by atoms with Gasteiger partial charge in [-0.1, -0.05) is 0 Å². The molecular formula is C13H23N5O7S. The van der Waals surface area contributed by atoms with Gasteiger partial charge in [-0.25, -0.2) is 4.79 Å². The maximum Gasteiger partial charge on any atom is 0.327 e. The summed E-state index contributed by atoms with van der Waals surface area (Å²) in [6.45, 7) is -1.19. The largest absolute Gasteiger partial charge is 0.480 e. The lowest BCUT2D eigenvalue weighted by atomic mass is 10.1. The lowest BCUT2D eigenvalue weighted by molar-refractivity contribution is -0.141. The Bertz CT molecular complexity index is 545. The van der Waals surface area contributed by atoms with Crippen molar-refractivity contribution < 1.29 is 34.2 Å². The van der Waals surface area contributed by atoms with Crippen LogP contribution in [0.4, 0.5) is 0 Å². The summed E-state index contributed by atoms with van der Waals surface area (Å²) in [5, 5.41) is 24.6. The van der Waals surface area contributed by atoms with Crippen molar-refractivity contribution in [3.8, 4) is 0 Å². The van der Waals surface area contributed by atoms with E-state index >= 15 is 0 Å². The Morgan fingerprint density at radius 1 is 0.962 bits per heavy atom. The van der Waals surface area contributed by atoms with Crippen LogP contribution in [0.1, 0.15) is 12.8 Å². The quantitative estimate of drug-likeness (QED) is 0.151. The zero-order valence-corrected chi connectivity index (χ0v) is 14.7. The summed E-state index contributed by atoms with van der Waals surface area (Å²) in [6, 6.07) is -4.01. The van der Waals surface area contributed by atoms with Crippen LogP contribution >= 0.6 is 12.6 Å². The third-order valence-electron chi connectivity index (χ3n) is 3.13. The van der Waals surface area contributed by atoms with Crippen LogP contribution in [0.5, 0.6) is 0 Å². The van der Waals surface area contributed by atoms with Gasteiger partial charge in [0.1, 0.15) is 18.1 Å². The van der Waals surface area contributed by atoms with Gasteiger partial charge in [0.05, 0.1) is 13.2 Å². The summed E-state index contributed by atoms with van der Waals surface area (Å²) in [5.74, 6) is -4.80. The van der Waals surface area contributed by atoms with Gasteiger partial charge in [0.15, 0.2) is 0 Å². The number of aliphatic hydroxyl groups is 1. The predicted octanol–water partition coefficient (Wildman–Crippen LogP) is -4.33. The molecule has 12 nitrogen and oxygen atoms in total. The van der Waals surface area contributed by atoms with Crippen molar-refractivity contribution in [1.82, 2.24) is 16.0 Å². The molecule has 9 N–H and O–H groups in total. The monoisotopic (exact) mass is 393 g/mol. The number of amides is 4. The summed E-state index contributed by atoms with van der Waals surface area (Å²) in [5.41, 5.74) is 10.1. The van der Waals surface area contributed by atoms with E-state index in [4.69, 9.17) is 16.6 Å². The second-order valence-electron chi connectivity index (χ2n) is 5.15. The summed E-state index contributed by atoms with van der Waals surface area (Å²) >= 11 is 3.80. The van der Waals surface area contributed by atoms with Crippen molar-refractivity contribution in [2.75, 3.05) is 18.9 Å². The van der Waals surface area contributed by atoms with E-state index in [1.165, 1.54) is 0 Å². The van der Waals surface area contributed by atoms with Crippen LogP contribution in [-0.2, 0) is 24.0 Å². The highest BCUT2D eigenvalue weighted by Crippen LogP contribution is 2.01. The molecule has 0 heterocycles. The second kappa shape index (κ2) is 12.1. The minimum atomic E-state index is -1.38. The molecule has 0 aromatic heterocycles. The number of carbonyl (C=O) groups is 5. The number of rotatable bonds is 12. The van der Waals surface area contributed by atoms with Crippen molar-refractivity contribution in [3.05, 3.63) is 0 Å². The smallest absolute Gasteiger partial charge is 0.327 e. The van der Waals surface area contributed by atoms with Crippen molar-refractivity contribution in [1.29, 1.82) is 0 Å². The lowest BCUT2D eigenvalue weighted by Gasteiger charge is -2.23. The first-order chi connectivity index (χ1) is 12.2. The Labute approximate surface area is 154 Å². The molecule has 0 aliphatic rings. The fourth-order valence-electron chi connectivity index (χ4n) is 1.73. The molecule has 0 aromatic carbocycles. The van der Waals surface area contributed by atoms with Gasteiger partial charge in [0.25, 0.3) is 0 Å². The fourth-order valence-corrected chi connectivity index (χ4v) is 1.98. The Kier molecular flexibility index (Phi) is 10.9. The Hall–Kier alpha value is -2.38. The molecule has 0 saturated heterocycles. The zero-order chi connectivity index (χ0) is 20.3. The van der Waals surface area contributed by atoms with Crippen molar-refractivity contribution in [2.45, 2.75) is 31.0 Å². The third-order valence-corrected chi connectivity index (χ3v) is 3.49. The number of primary amides is 1. The number of carboxylic acids is 1. The summed E-state index contributed by atoms with van der Waals surface area (Å²) in [6.07, 6.45) is -0.481. The fraction of sp³-hybridized carbons (Fsp3) is 0.615. The van der Waals surface area contributed by atoms with Gasteiger partial charge in [-0.15, -0.1) is 0 Å². The van der Waals surface area contributed by atoms with E-state index in [0.29, 0.717) is 0 Å². The number of aliphatic hydroxyl groups excluding tert-OH is 1. The SMILES string of the molecule is NCC(=O)NC(CO)C(=O)NC(CCC(N)=O)C(=O)NC(CS)C(=O)O. The van der Waals surface area contributed by atoms with E-state index in [-0.39, 0.29) is 18.6 Å². The Morgan fingerprint density at radius 2 is 1.50 bits per heavy atom. The minimum absolute atomic E-state index is 0.205. The van der Waals surface area contributed by atoms with Gasteiger partial charge in [-0.3, -0.25) is 19.2 Å². The summed E-state index contributed by atoms with van der Waals surface area (Å²) in [4.78, 5) is 57.5. The number of carboxylic acid groups (broad SMARTS) is 1. The molecule has 13 heteroatoms. The molecule has 3 unspecified atom stereocenters. The van der Waals surface area contributed by atoms with Crippen LogP contribution in [0, 0.1) is 0 Å². The normalized spacial score (nSPS) is 13.8. The van der Waals surface area contributed by atoms with E-state index in [0.717, 1.165) is 0 Å². The van der Waals surface area contributed by atoms with Gasteiger partial charge < -0.3 is 37.6 Å². The second-order valence-corrected chi connectivity index (χ2v) is 5.52. The molecule has 0 saturated carbocycles. The number of thiol groups is 1. The number of hydrogen-bond acceptors (Lipinski definition) is 8. The number of nitrogens with two attached hydrogens (primary N) is 2. The van der Waals surface area contributed by atoms with Crippen LogP contribution in [-0.4, -0.2) is 76.8 Å². The standard InChI is InChI=1S/C13H23N5O7S/c14-3-10(21)16-7(4-19)12(23)17-6(1-2-9(15)20)11(22)18-8(5-26)13(24)25/h6-8,19,26H,1-5,14H2,(H2,15,20)(H,16,21)(H,17,23)(H,18,22)(H,24,25). The van der Waals surface area contributed by atoms with Gasteiger partial charge in [0.2, 0.25) is 23.6 Å². The molecule has 0 fully saturated rings. The summed E-state index contributed by atoms with van der Waals surface area (Å²) in [7, 11) is 0. The minimum Gasteiger partial charge on any atom is -0.480 e. The molecule has 0 aliphatic carbocycles. The average Bonchev–Trinajstić information content (AvgIpc) is 2.59. The first kappa shape index (κ1) is 23.6. The average molecular weight is 393 g/mol. The topological polar surface area (TPSA) is 214 Å². The number of carbonyl (C=O) groups excluding carboxylic acids is 4. The van der Waals surface area contributed by atoms with Gasteiger partial charge in [-0.2, -0.15) is 12.6 Å². The number of aliphatic carboxylic acids is 1. The molecule has 0 spiro atoms. The molecule has 26 heavy (non-hydrogen) atoms. The van der Waals surface area contributed by atoms with E-state index in [2.05, 4.69) is 28.6 Å². The van der Waals surface area contributed by atoms with Crippen LogP contribution < -0.4 is 27.4 Å². The van der Waals surface area contributed by atoms with Gasteiger partial charge >= 0.3 is 5.97 Å². The number of nitrogens with one attached hydrogen (secondary N) is 3. The molecule has 3 atom stereocenters. The first-order valence-electron chi connectivity index (χ1n) is 7.49. The van der Waals surface area contributed by atoms with E-state index < -0.39 is 60.9 Å². The van der Waals surface area contributed by atoms with Crippen LogP contribution in [0.25, 0.3) is 0 Å². The highest BCUT2D eigenvalue weighted by molar-refractivity contribution is 7.80. The molecule has 0 rings (SSSR count). The van der Waals surface area contributed by atoms with Crippen molar-refractivity contribution in [3.63, 3.8) is 0 Å². The van der Waals surface area contributed by atoms with Crippen molar-refractivity contribution in [2.24, 2.45) is 11.5 Å². The maximum absolute atomic E-state index is 12.2. The van der Waals surface area contributed by atoms with Gasteiger partial charge in [0, 0.05) is 12.2 Å². The van der Waals surface area contributed by atoms with Crippen molar-refractivity contribution >= 4 is 42.2 Å². The molecule has 0 aliphatic heterocycles. The molecule has 0 bridgehead atoms. The molecular weight excluding hydrogens is 370 g/mol. The lowest BCUT2D eigenvalue weighted by Crippen LogP contribution is -2.57.